The summed E-state index contributed by atoms with van der Waals surface area (Å²) in [7, 11) is 0. The van der Waals surface area contributed by atoms with Crippen molar-refractivity contribution in [1.82, 2.24) is 14.8 Å². The Hall–Kier alpha value is -1.95. The molecule has 0 unspecified atom stereocenters. The maximum Gasteiger partial charge on any atom is 0.347 e. The van der Waals surface area contributed by atoms with Crippen LogP contribution >= 0.6 is 0 Å². The van der Waals surface area contributed by atoms with E-state index in [0.717, 1.165) is 0 Å². The summed E-state index contributed by atoms with van der Waals surface area (Å²) in [6, 6.07) is 5.20. The molecule has 0 spiro atoms. The Balaban J connectivity index is 2.55. The van der Waals surface area contributed by atoms with E-state index in [4.69, 9.17) is 5.73 Å². The number of aromatic amines is 1. The molecule has 2 rings (SSSR count). The summed E-state index contributed by atoms with van der Waals surface area (Å²) in [5.41, 5.74) is 6.04. The summed E-state index contributed by atoms with van der Waals surface area (Å²) < 4.78 is 14.3. The first-order chi connectivity index (χ1) is 8.80. The van der Waals surface area contributed by atoms with E-state index in [1.165, 1.54) is 28.8 Å². The fourth-order valence-electron chi connectivity index (χ4n) is 1.74. The van der Waals surface area contributed by atoms with E-state index >= 15 is 0 Å². The van der Waals surface area contributed by atoms with Crippen molar-refractivity contribution in [2.75, 3.05) is 0 Å². The fraction of sp³-hybridized carbons (Fsp3) is 0.385. The predicted octanol–water partition coefficient (Wildman–Crippen LogP) is 1.75. The number of hydrogen-bond acceptors (Lipinski definition) is 3. The minimum atomic E-state index is -0.420. The minimum Gasteiger partial charge on any atom is -0.321 e. The molecule has 0 aliphatic rings. The summed E-state index contributed by atoms with van der Waals surface area (Å²) >= 11 is 0. The average Bonchev–Trinajstić information content (AvgIpc) is 2.70. The third kappa shape index (κ3) is 2.58. The smallest absolute Gasteiger partial charge is 0.321 e. The molecular formula is C13H17FN4O. The zero-order valence-corrected chi connectivity index (χ0v) is 11.1. The molecule has 0 saturated carbocycles. The Morgan fingerprint density at radius 3 is 2.42 bits per heavy atom. The highest BCUT2D eigenvalue weighted by Crippen LogP contribution is 2.29. The summed E-state index contributed by atoms with van der Waals surface area (Å²) in [5.74, 6) is 0.0751. The SMILES string of the molecule is CC(C)(C)[C@H](N)c1n[nH]c(=O)n1-c1ccc(F)cc1. The molecule has 0 saturated heterocycles. The standard InChI is InChI=1S/C13H17FN4O/c1-13(2,3)10(15)11-16-17-12(19)18(11)9-6-4-8(14)5-7-9/h4-7,10H,15H2,1-3H3,(H,17,19)/t10-/m1/s1. The average molecular weight is 264 g/mol. The van der Waals surface area contributed by atoms with Gasteiger partial charge in [0.15, 0.2) is 5.82 Å². The number of halogens is 1. The fourth-order valence-corrected chi connectivity index (χ4v) is 1.74. The van der Waals surface area contributed by atoms with Crippen LogP contribution in [0.25, 0.3) is 5.69 Å². The summed E-state index contributed by atoms with van der Waals surface area (Å²) in [5, 5.41) is 6.37. The lowest BCUT2D eigenvalue weighted by Gasteiger charge is -2.26. The molecule has 0 amide bonds. The number of nitrogens with zero attached hydrogens (tertiary/aromatic N) is 2. The third-order valence-corrected chi connectivity index (χ3v) is 2.99. The molecule has 0 bridgehead atoms. The van der Waals surface area contributed by atoms with Gasteiger partial charge in [0, 0.05) is 0 Å². The molecule has 19 heavy (non-hydrogen) atoms. The number of aromatic nitrogens is 3. The quantitative estimate of drug-likeness (QED) is 0.867. The molecule has 0 fully saturated rings. The van der Waals surface area contributed by atoms with Gasteiger partial charge in [-0.3, -0.25) is 0 Å². The van der Waals surface area contributed by atoms with Crippen molar-refractivity contribution in [1.29, 1.82) is 0 Å². The van der Waals surface area contributed by atoms with Crippen LogP contribution < -0.4 is 11.4 Å². The van der Waals surface area contributed by atoms with Crippen LogP contribution in [-0.4, -0.2) is 14.8 Å². The monoisotopic (exact) mass is 264 g/mol. The topological polar surface area (TPSA) is 76.7 Å². The van der Waals surface area contributed by atoms with Crippen LogP contribution in [0.5, 0.6) is 0 Å². The van der Waals surface area contributed by atoms with Gasteiger partial charge in [0.25, 0.3) is 0 Å². The number of nitrogens with one attached hydrogen (secondary N) is 1. The number of rotatable bonds is 2. The first-order valence-corrected chi connectivity index (χ1v) is 5.99. The van der Waals surface area contributed by atoms with Crippen molar-refractivity contribution in [3.63, 3.8) is 0 Å². The number of H-pyrrole nitrogens is 1. The largest absolute Gasteiger partial charge is 0.347 e. The van der Waals surface area contributed by atoms with E-state index in [2.05, 4.69) is 10.2 Å². The lowest BCUT2D eigenvalue weighted by atomic mass is 9.87. The molecule has 1 aromatic heterocycles. The van der Waals surface area contributed by atoms with E-state index in [1.54, 1.807) is 0 Å². The summed E-state index contributed by atoms with van der Waals surface area (Å²) in [4.78, 5) is 11.9. The summed E-state index contributed by atoms with van der Waals surface area (Å²) in [6.07, 6.45) is 0. The molecule has 2 aromatic rings. The molecule has 1 aromatic carbocycles. The second kappa shape index (κ2) is 4.62. The Morgan fingerprint density at radius 2 is 1.89 bits per heavy atom. The van der Waals surface area contributed by atoms with Gasteiger partial charge in [-0.25, -0.2) is 18.9 Å². The lowest BCUT2D eigenvalue weighted by Crippen LogP contribution is -2.30. The van der Waals surface area contributed by atoms with Crippen LogP contribution in [0.15, 0.2) is 29.1 Å². The zero-order valence-electron chi connectivity index (χ0n) is 11.1. The van der Waals surface area contributed by atoms with Gasteiger partial charge in [0.05, 0.1) is 11.7 Å². The van der Waals surface area contributed by atoms with Crippen LogP contribution in [0.2, 0.25) is 0 Å². The molecule has 1 atom stereocenters. The van der Waals surface area contributed by atoms with Crippen LogP contribution in [0.3, 0.4) is 0 Å². The first-order valence-electron chi connectivity index (χ1n) is 5.99. The molecule has 0 aliphatic heterocycles. The van der Waals surface area contributed by atoms with E-state index < -0.39 is 6.04 Å². The number of benzene rings is 1. The van der Waals surface area contributed by atoms with Gasteiger partial charge in [-0.2, -0.15) is 5.10 Å². The normalized spacial score (nSPS) is 13.5. The molecule has 5 nitrogen and oxygen atoms in total. The molecule has 0 radical (unpaired) electrons. The van der Waals surface area contributed by atoms with E-state index in [0.29, 0.717) is 11.5 Å². The van der Waals surface area contributed by atoms with Gasteiger partial charge in [-0.05, 0) is 29.7 Å². The Labute approximate surface area is 110 Å². The van der Waals surface area contributed by atoms with Gasteiger partial charge in [0.2, 0.25) is 0 Å². The van der Waals surface area contributed by atoms with Gasteiger partial charge in [0.1, 0.15) is 5.82 Å². The first kappa shape index (κ1) is 13.5. The molecule has 6 heteroatoms. The van der Waals surface area contributed by atoms with Crippen molar-refractivity contribution in [2.45, 2.75) is 26.8 Å². The van der Waals surface area contributed by atoms with Crippen molar-refractivity contribution < 1.29 is 4.39 Å². The van der Waals surface area contributed by atoms with E-state index in [9.17, 15) is 9.18 Å². The van der Waals surface area contributed by atoms with Crippen molar-refractivity contribution in [2.24, 2.45) is 11.1 Å². The van der Waals surface area contributed by atoms with Crippen LogP contribution in [0.4, 0.5) is 4.39 Å². The zero-order chi connectivity index (χ0) is 14.2. The maximum atomic E-state index is 12.9. The van der Waals surface area contributed by atoms with Gasteiger partial charge >= 0.3 is 5.69 Å². The van der Waals surface area contributed by atoms with Gasteiger partial charge in [-0.1, -0.05) is 20.8 Å². The van der Waals surface area contributed by atoms with Crippen molar-refractivity contribution >= 4 is 0 Å². The second-order valence-corrected chi connectivity index (χ2v) is 5.54. The lowest BCUT2D eigenvalue weighted by molar-refractivity contribution is 0.312. The molecular weight excluding hydrogens is 247 g/mol. The molecule has 0 aliphatic carbocycles. The highest BCUT2D eigenvalue weighted by atomic mass is 19.1. The Kier molecular flexibility index (Phi) is 3.28. The molecule has 102 valence electrons. The van der Waals surface area contributed by atoms with E-state index in [1.807, 2.05) is 20.8 Å². The third-order valence-electron chi connectivity index (χ3n) is 2.99. The molecule has 1 heterocycles. The minimum absolute atomic E-state index is 0.247. The highest BCUT2D eigenvalue weighted by molar-refractivity contribution is 5.33. The maximum absolute atomic E-state index is 12.9. The van der Waals surface area contributed by atoms with Crippen molar-refractivity contribution in [3.05, 3.63) is 46.4 Å². The Morgan fingerprint density at radius 1 is 1.32 bits per heavy atom. The summed E-state index contributed by atoms with van der Waals surface area (Å²) in [6.45, 7) is 5.89. The van der Waals surface area contributed by atoms with Crippen LogP contribution in [-0.2, 0) is 0 Å². The second-order valence-electron chi connectivity index (χ2n) is 5.54. The highest BCUT2D eigenvalue weighted by Gasteiger charge is 2.28. The Bertz CT molecular complexity index is 621. The van der Waals surface area contributed by atoms with Crippen LogP contribution in [0.1, 0.15) is 32.6 Å². The van der Waals surface area contributed by atoms with Crippen molar-refractivity contribution in [3.8, 4) is 5.69 Å². The van der Waals surface area contributed by atoms with Gasteiger partial charge in [-0.15, -0.1) is 0 Å². The van der Waals surface area contributed by atoms with E-state index in [-0.39, 0.29) is 16.9 Å². The number of nitrogens with two attached hydrogens (primary N) is 1. The predicted molar refractivity (Wildman–Crippen MR) is 70.5 cm³/mol. The molecule has 3 N–H and O–H groups in total. The number of hydrogen-bond donors (Lipinski definition) is 2. The van der Waals surface area contributed by atoms with Gasteiger partial charge < -0.3 is 5.73 Å². The van der Waals surface area contributed by atoms with Crippen LogP contribution in [0, 0.1) is 11.2 Å².